The summed E-state index contributed by atoms with van der Waals surface area (Å²) < 4.78 is 37.2. The second-order valence-corrected chi connectivity index (χ2v) is 13.2. The molecule has 9 rings (SSSR count). The fourth-order valence-electron chi connectivity index (χ4n) is 7.36. The van der Waals surface area contributed by atoms with E-state index in [1.807, 2.05) is 6.07 Å². The molecule has 8 nitrogen and oxygen atoms in total. The summed E-state index contributed by atoms with van der Waals surface area (Å²) in [5, 5.41) is 0. The molecule has 5 aliphatic heterocycles. The van der Waals surface area contributed by atoms with E-state index in [0.717, 1.165) is 67.1 Å². The number of methoxy groups -OCH3 is 2. The molecule has 4 aromatic carbocycles. The Bertz CT molecular complexity index is 1790. The van der Waals surface area contributed by atoms with Gasteiger partial charge in [0.05, 0.1) is 20.8 Å². The highest BCUT2D eigenvalue weighted by Gasteiger charge is 2.35. The van der Waals surface area contributed by atoms with Crippen molar-refractivity contribution < 1.29 is 28.4 Å². The number of epoxide rings is 1. The van der Waals surface area contributed by atoms with Crippen LogP contribution in [0.25, 0.3) is 0 Å². The average molecular weight is 635 g/mol. The van der Waals surface area contributed by atoms with Crippen molar-refractivity contribution in [1.29, 1.82) is 0 Å². The third-order valence-electron chi connectivity index (χ3n) is 10.2. The van der Waals surface area contributed by atoms with E-state index in [9.17, 15) is 0 Å². The third kappa shape index (κ3) is 5.90. The van der Waals surface area contributed by atoms with Crippen LogP contribution in [-0.2, 0) is 30.4 Å². The lowest BCUT2D eigenvalue weighted by Gasteiger charge is -2.37. The molecule has 1 fully saturated rings. The Kier molecular flexibility index (Phi) is 7.95. The number of rotatable bonds is 5. The maximum Gasteiger partial charge on any atom is 0.204 e. The zero-order valence-electron chi connectivity index (χ0n) is 27.6. The normalized spacial score (nSPS) is 21.8. The van der Waals surface area contributed by atoms with E-state index in [1.165, 1.54) is 22.3 Å². The molecule has 1 unspecified atom stereocenters. The van der Waals surface area contributed by atoms with Crippen LogP contribution in [0.4, 0.5) is 0 Å². The molecule has 0 aliphatic carbocycles. The van der Waals surface area contributed by atoms with Crippen LogP contribution in [0.3, 0.4) is 0 Å². The summed E-state index contributed by atoms with van der Waals surface area (Å²) in [4.78, 5) is 4.86. The van der Waals surface area contributed by atoms with Crippen LogP contribution in [0.2, 0.25) is 0 Å². The van der Waals surface area contributed by atoms with Gasteiger partial charge in [-0.25, -0.2) is 0 Å². The van der Waals surface area contributed by atoms with Crippen molar-refractivity contribution in [2.45, 2.75) is 43.9 Å². The topological polar surface area (TPSA) is 65.2 Å². The molecule has 3 atom stereocenters. The second-order valence-electron chi connectivity index (χ2n) is 13.2. The van der Waals surface area contributed by atoms with Crippen LogP contribution in [0.1, 0.15) is 45.5 Å². The lowest BCUT2D eigenvalue weighted by Crippen LogP contribution is -2.34. The van der Waals surface area contributed by atoms with Gasteiger partial charge < -0.3 is 28.4 Å². The Balaban J connectivity index is 1.32. The zero-order chi connectivity index (χ0) is 32.1. The van der Waals surface area contributed by atoms with E-state index < -0.39 is 0 Å². The van der Waals surface area contributed by atoms with Crippen molar-refractivity contribution in [2.75, 3.05) is 54.6 Å². The van der Waals surface area contributed by atoms with E-state index in [0.29, 0.717) is 36.2 Å². The van der Waals surface area contributed by atoms with Crippen molar-refractivity contribution in [2.24, 2.45) is 0 Å². The van der Waals surface area contributed by atoms with Gasteiger partial charge in [0.25, 0.3) is 0 Å². The molecular formula is C39H42N2O6. The van der Waals surface area contributed by atoms with Gasteiger partial charge >= 0.3 is 0 Å². The summed E-state index contributed by atoms with van der Waals surface area (Å²) in [5.74, 6) is 5.02. The Morgan fingerprint density at radius 3 is 2.19 bits per heavy atom. The summed E-state index contributed by atoms with van der Waals surface area (Å²) in [6.07, 6.45) is 3.60. The quantitative estimate of drug-likeness (QED) is 0.219. The SMILES string of the molecule is COc1ccc2cc1Oc1ccc(cc1)C[C@H]1c3cc(ccc3CCN1C)Oc1c(OCC3CO3)c(OC)cc3c1[C@H](C2)N(C)CC3. The summed E-state index contributed by atoms with van der Waals surface area (Å²) in [6, 6.07) is 23.7. The number of hydrogen-bond acceptors (Lipinski definition) is 8. The second kappa shape index (κ2) is 12.4. The van der Waals surface area contributed by atoms with Gasteiger partial charge in [0.1, 0.15) is 24.2 Å². The van der Waals surface area contributed by atoms with Gasteiger partial charge in [0, 0.05) is 30.7 Å². The van der Waals surface area contributed by atoms with Crippen molar-refractivity contribution in [1.82, 2.24) is 9.80 Å². The van der Waals surface area contributed by atoms with Crippen LogP contribution >= 0.6 is 0 Å². The van der Waals surface area contributed by atoms with Crippen LogP contribution in [-0.4, -0.2) is 70.5 Å². The maximum atomic E-state index is 7.05. The minimum atomic E-state index is 0.0232. The van der Waals surface area contributed by atoms with Crippen molar-refractivity contribution in [3.05, 3.63) is 100 Å². The number of ether oxygens (including phenoxy) is 6. The Labute approximate surface area is 276 Å². The fourth-order valence-corrected chi connectivity index (χ4v) is 7.36. The molecular weight excluding hydrogens is 592 g/mol. The molecule has 1 saturated heterocycles. The van der Waals surface area contributed by atoms with Crippen LogP contribution in [0.5, 0.6) is 40.2 Å². The Morgan fingerprint density at radius 1 is 0.723 bits per heavy atom. The van der Waals surface area contributed by atoms with E-state index in [1.54, 1.807) is 14.2 Å². The van der Waals surface area contributed by atoms with Gasteiger partial charge in [-0.1, -0.05) is 24.3 Å². The van der Waals surface area contributed by atoms with Crippen molar-refractivity contribution in [3.63, 3.8) is 0 Å². The summed E-state index contributed by atoms with van der Waals surface area (Å²) in [5.41, 5.74) is 7.40. The lowest BCUT2D eigenvalue weighted by molar-refractivity contribution is 0.214. The van der Waals surface area contributed by atoms with Gasteiger partial charge in [-0.05, 0) is 110 Å². The third-order valence-corrected chi connectivity index (χ3v) is 10.2. The molecule has 5 aliphatic rings. The van der Waals surface area contributed by atoms with Crippen molar-refractivity contribution >= 4 is 0 Å². The smallest absolute Gasteiger partial charge is 0.204 e. The van der Waals surface area contributed by atoms with E-state index in [-0.39, 0.29) is 18.2 Å². The highest BCUT2D eigenvalue weighted by atomic mass is 16.6. The van der Waals surface area contributed by atoms with Gasteiger partial charge in [-0.15, -0.1) is 0 Å². The molecule has 0 N–H and O–H groups in total. The molecule has 0 amide bonds. The first-order chi connectivity index (χ1) is 23.0. The van der Waals surface area contributed by atoms with E-state index >= 15 is 0 Å². The predicted octanol–water partition coefficient (Wildman–Crippen LogP) is 6.92. The molecule has 6 bridgehead atoms. The molecule has 0 aromatic heterocycles. The maximum absolute atomic E-state index is 7.05. The first kappa shape index (κ1) is 30.1. The number of benzene rings is 4. The standard InChI is InChI=1S/C39H42N2O6/c1-40-15-13-26-8-11-29-21-31(26)32(40)17-24-5-9-28(10-6-24)46-35-19-25(7-12-34(35)42-3)18-33-37-27(14-16-41(33)2)20-36(43-4)38(39(37)47-29)45-23-30-22-44-30/h5-12,19-21,30,32-33H,13-18,22-23H2,1-4H3/t30?,32-,33-/m0/s1. The summed E-state index contributed by atoms with van der Waals surface area (Å²) >= 11 is 0. The number of likely N-dealkylation sites (N-methyl/N-ethyl adjacent to an activating group) is 2. The van der Waals surface area contributed by atoms with Gasteiger partial charge in [0.2, 0.25) is 5.75 Å². The zero-order valence-corrected chi connectivity index (χ0v) is 27.6. The highest BCUT2D eigenvalue weighted by Crippen LogP contribution is 2.51. The molecule has 8 heteroatoms. The fraction of sp³-hybridized carbons (Fsp3) is 0.385. The van der Waals surface area contributed by atoms with E-state index in [2.05, 4.69) is 84.6 Å². The van der Waals surface area contributed by atoms with Crippen LogP contribution in [0.15, 0.2) is 66.7 Å². The number of nitrogens with zero attached hydrogens (tertiary/aromatic N) is 2. The van der Waals surface area contributed by atoms with Gasteiger partial charge in [0.15, 0.2) is 23.0 Å². The molecule has 47 heavy (non-hydrogen) atoms. The first-order valence-electron chi connectivity index (χ1n) is 16.6. The highest BCUT2D eigenvalue weighted by molar-refractivity contribution is 5.63. The summed E-state index contributed by atoms with van der Waals surface area (Å²) in [6.45, 7) is 3.07. The lowest BCUT2D eigenvalue weighted by atomic mass is 9.87. The molecule has 0 radical (unpaired) electrons. The number of hydrogen-bond donors (Lipinski definition) is 0. The largest absolute Gasteiger partial charge is 0.493 e. The molecule has 0 spiro atoms. The molecule has 244 valence electrons. The summed E-state index contributed by atoms with van der Waals surface area (Å²) in [7, 11) is 7.79. The van der Waals surface area contributed by atoms with Crippen LogP contribution in [0, 0.1) is 0 Å². The Hall–Kier alpha value is -4.24. The molecule has 0 saturated carbocycles. The monoisotopic (exact) mass is 634 g/mol. The molecule has 4 aromatic rings. The number of fused-ring (bicyclic) bond motifs is 2. The van der Waals surface area contributed by atoms with Gasteiger partial charge in [-0.2, -0.15) is 0 Å². The van der Waals surface area contributed by atoms with Crippen molar-refractivity contribution in [3.8, 4) is 40.2 Å². The van der Waals surface area contributed by atoms with E-state index in [4.69, 9.17) is 28.4 Å². The van der Waals surface area contributed by atoms with Crippen LogP contribution < -0.4 is 23.7 Å². The molecule has 5 heterocycles. The minimum Gasteiger partial charge on any atom is -0.493 e. The Morgan fingerprint density at radius 2 is 1.43 bits per heavy atom. The average Bonchev–Trinajstić information content (AvgIpc) is 3.92. The first-order valence-corrected chi connectivity index (χ1v) is 16.6. The van der Waals surface area contributed by atoms with Gasteiger partial charge in [-0.3, -0.25) is 9.80 Å². The predicted molar refractivity (Wildman–Crippen MR) is 180 cm³/mol. The minimum absolute atomic E-state index is 0.0232.